The first-order valence-corrected chi connectivity index (χ1v) is 9.76. The molecular weight excluding hydrogens is 275 g/mol. The number of nitrogens with two attached hydrogens (primary N) is 1. The van der Waals surface area contributed by atoms with Crippen molar-refractivity contribution in [2.24, 2.45) is 5.73 Å². The van der Waals surface area contributed by atoms with Crippen molar-refractivity contribution in [1.82, 2.24) is 5.48 Å². The second-order valence-corrected chi connectivity index (χ2v) is 7.17. The molecule has 0 aromatic carbocycles. The fourth-order valence-electron chi connectivity index (χ4n) is 1.77. The van der Waals surface area contributed by atoms with Crippen molar-refractivity contribution in [3.63, 3.8) is 0 Å². The third-order valence-electron chi connectivity index (χ3n) is 3.02. The van der Waals surface area contributed by atoms with Gasteiger partial charge in [0.2, 0.25) is 0 Å². The first-order valence-electron chi connectivity index (χ1n) is 8.03. The number of hydrogen-bond acceptors (Lipinski definition) is 5. The van der Waals surface area contributed by atoms with Crippen molar-refractivity contribution >= 4 is 7.60 Å². The molecule has 0 radical (unpaired) electrons. The van der Waals surface area contributed by atoms with Gasteiger partial charge in [-0.25, -0.2) is 4.62 Å². The highest BCUT2D eigenvalue weighted by atomic mass is 31.2. The average Bonchev–Trinajstić information content (AvgIpc) is 2.43. The van der Waals surface area contributed by atoms with Gasteiger partial charge < -0.3 is 10.3 Å². The van der Waals surface area contributed by atoms with Gasteiger partial charge in [-0.05, 0) is 12.8 Å². The quantitative estimate of drug-likeness (QED) is 0.273. The van der Waals surface area contributed by atoms with Crippen LogP contribution in [-0.2, 0) is 13.7 Å². The Morgan fingerprint density at radius 1 is 1.00 bits per heavy atom. The molecule has 1 unspecified atom stereocenters. The van der Waals surface area contributed by atoms with E-state index in [1.54, 1.807) is 0 Å². The molecule has 0 spiro atoms. The SMILES string of the molecule is CCCCCCCCP(=O)(OCCCC)ONCCN. The Labute approximate surface area is 124 Å². The zero-order valence-corrected chi connectivity index (χ0v) is 14.1. The van der Waals surface area contributed by atoms with Gasteiger partial charge in [0.1, 0.15) is 0 Å². The van der Waals surface area contributed by atoms with Gasteiger partial charge in [-0.2, -0.15) is 5.48 Å². The lowest BCUT2D eigenvalue weighted by Gasteiger charge is -2.18. The van der Waals surface area contributed by atoms with Crippen molar-refractivity contribution in [3.8, 4) is 0 Å². The van der Waals surface area contributed by atoms with Crippen LogP contribution in [0.2, 0.25) is 0 Å². The third kappa shape index (κ3) is 11.9. The van der Waals surface area contributed by atoms with Crippen LogP contribution >= 0.6 is 7.60 Å². The maximum Gasteiger partial charge on any atom is 0.346 e. The lowest BCUT2D eigenvalue weighted by Crippen LogP contribution is -2.22. The van der Waals surface area contributed by atoms with Gasteiger partial charge in [-0.3, -0.25) is 4.57 Å². The molecule has 6 heteroatoms. The lowest BCUT2D eigenvalue weighted by atomic mass is 10.1. The first-order chi connectivity index (χ1) is 9.68. The van der Waals surface area contributed by atoms with E-state index in [1.165, 1.54) is 25.7 Å². The summed E-state index contributed by atoms with van der Waals surface area (Å²) in [6.07, 6.45) is 9.35. The molecule has 0 aliphatic rings. The normalized spacial score (nSPS) is 14.3. The van der Waals surface area contributed by atoms with Crippen LogP contribution in [0.5, 0.6) is 0 Å². The van der Waals surface area contributed by atoms with Crippen molar-refractivity contribution in [2.75, 3.05) is 25.9 Å². The van der Waals surface area contributed by atoms with Crippen LogP contribution in [0.15, 0.2) is 0 Å². The van der Waals surface area contributed by atoms with Gasteiger partial charge in [-0.1, -0.05) is 52.4 Å². The summed E-state index contributed by atoms with van der Waals surface area (Å²) in [6.45, 7) is 5.71. The minimum atomic E-state index is -3.00. The van der Waals surface area contributed by atoms with Crippen LogP contribution in [0.1, 0.15) is 65.2 Å². The number of rotatable bonds is 15. The Kier molecular flexibility index (Phi) is 14.1. The summed E-state index contributed by atoms with van der Waals surface area (Å²) in [6, 6.07) is 0. The highest BCUT2D eigenvalue weighted by Gasteiger charge is 2.24. The van der Waals surface area contributed by atoms with E-state index in [2.05, 4.69) is 19.3 Å². The van der Waals surface area contributed by atoms with E-state index in [0.29, 0.717) is 25.9 Å². The minimum Gasteiger partial charge on any atom is -0.329 e. The van der Waals surface area contributed by atoms with E-state index in [9.17, 15) is 4.57 Å². The second-order valence-electron chi connectivity index (χ2n) is 5.06. The fourth-order valence-corrected chi connectivity index (χ4v) is 3.35. The van der Waals surface area contributed by atoms with Crippen molar-refractivity contribution in [1.29, 1.82) is 0 Å². The van der Waals surface area contributed by atoms with E-state index in [1.807, 2.05) is 0 Å². The zero-order chi connectivity index (χ0) is 15.1. The Morgan fingerprint density at radius 2 is 1.65 bits per heavy atom. The Morgan fingerprint density at radius 3 is 2.30 bits per heavy atom. The molecular formula is C14H33N2O3P. The van der Waals surface area contributed by atoms with Crippen LogP contribution in [-0.4, -0.2) is 25.9 Å². The van der Waals surface area contributed by atoms with Crippen molar-refractivity contribution in [2.45, 2.75) is 65.2 Å². The van der Waals surface area contributed by atoms with Crippen LogP contribution < -0.4 is 11.2 Å². The van der Waals surface area contributed by atoms with E-state index in [4.69, 9.17) is 14.9 Å². The maximum atomic E-state index is 12.5. The molecule has 1 atom stereocenters. The smallest absolute Gasteiger partial charge is 0.329 e. The number of unbranched alkanes of at least 4 members (excludes halogenated alkanes) is 6. The monoisotopic (exact) mass is 308 g/mol. The average molecular weight is 308 g/mol. The summed E-state index contributed by atoms with van der Waals surface area (Å²) >= 11 is 0. The number of hydroxylamine groups is 1. The molecule has 0 bridgehead atoms. The topological polar surface area (TPSA) is 73.6 Å². The zero-order valence-electron chi connectivity index (χ0n) is 13.2. The van der Waals surface area contributed by atoms with Gasteiger partial charge in [0.15, 0.2) is 0 Å². The predicted octanol–water partition coefficient (Wildman–Crippen LogP) is 3.84. The van der Waals surface area contributed by atoms with Gasteiger partial charge >= 0.3 is 7.60 Å². The van der Waals surface area contributed by atoms with E-state index < -0.39 is 7.60 Å². The highest BCUT2D eigenvalue weighted by molar-refractivity contribution is 7.53. The number of nitrogens with one attached hydrogen (secondary N) is 1. The number of hydrogen-bond donors (Lipinski definition) is 2. The standard InChI is InChI=1S/C14H33N2O3P/c1-3-5-7-8-9-10-14-20(17,18-13-6-4-2)19-16-12-11-15/h16H,3-15H2,1-2H3. The second kappa shape index (κ2) is 14.0. The molecule has 122 valence electrons. The maximum absolute atomic E-state index is 12.5. The van der Waals surface area contributed by atoms with Crippen LogP contribution in [0.4, 0.5) is 0 Å². The van der Waals surface area contributed by atoms with Crippen LogP contribution in [0.3, 0.4) is 0 Å². The van der Waals surface area contributed by atoms with E-state index in [-0.39, 0.29) is 0 Å². The summed E-state index contributed by atoms with van der Waals surface area (Å²) in [5, 5.41) is 0. The summed E-state index contributed by atoms with van der Waals surface area (Å²) < 4.78 is 23.2. The van der Waals surface area contributed by atoms with Gasteiger partial charge in [0, 0.05) is 13.1 Å². The van der Waals surface area contributed by atoms with E-state index in [0.717, 1.165) is 25.7 Å². The molecule has 0 fully saturated rings. The fraction of sp³-hybridized carbons (Fsp3) is 1.00. The Bertz CT molecular complexity index is 239. The molecule has 0 saturated heterocycles. The molecule has 5 nitrogen and oxygen atoms in total. The summed E-state index contributed by atoms with van der Waals surface area (Å²) in [5.74, 6) is 0. The predicted molar refractivity (Wildman–Crippen MR) is 84.9 cm³/mol. The minimum absolute atomic E-state index is 0.450. The first kappa shape index (κ1) is 20.1. The molecule has 0 aromatic heterocycles. The van der Waals surface area contributed by atoms with Crippen molar-refractivity contribution < 1.29 is 13.7 Å². The molecule has 0 amide bonds. The highest BCUT2D eigenvalue weighted by Crippen LogP contribution is 2.48. The van der Waals surface area contributed by atoms with Gasteiger partial charge in [0.05, 0.1) is 12.8 Å². The molecule has 0 aliphatic carbocycles. The molecule has 0 heterocycles. The molecule has 3 N–H and O–H groups in total. The Hall–Kier alpha value is 0.0700. The van der Waals surface area contributed by atoms with Crippen LogP contribution in [0, 0.1) is 0 Å². The summed E-state index contributed by atoms with van der Waals surface area (Å²) in [4.78, 5) is 0. The molecule has 20 heavy (non-hydrogen) atoms. The largest absolute Gasteiger partial charge is 0.346 e. The molecule has 0 aromatic rings. The molecule has 0 rings (SSSR count). The van der Waals surface area contributed by atoms with E-state index >= 15 is 0 Å². The molecule has 0 saturated carbocycles. The third-order valence-corrected chi connectivity index (χ3v) is 4.87. The lowest BCUT2D eigenvalue weighted by molar-refractivity contribution is 0.140. The molecule has 0 aliphatic heterocycles. The van der Waals surface area contributed by atoms with Crippen LogP contribution in [0.25, 0.3) is 0 Å². The van der Waals surface area contributed by atoms with Gasteiger partial charge in [-0.15, -0.1) is 0 Å². The van der Waals surface area contributed by atoms with Gasteiger partial charge in [0.25, 0.3) is 0 Å². The Balaban J connectivity index is 3.93. The summed E-state index contributed by atoms with van der Waals surface area (Å²) in [7, 11) is -3.00. The summed E-state index contributed by atoms with van der Waals surface area (Å²) in [5.41, 5.74) is 8.03. The van der Waals surface area contributed by atoms with Crippen molar-refractivity contribution in [3.05, 3.63) is 0 Å².